The number of carbonyl (C=O) groups excluding carboxylic acids is 1. The van der Waals surface area contributed by atoms with E-state index in [1.807, 2.05) is 0 Å². The van der Waals surface area contributed by atoms with Crippen molar-refractivity contribution < 1.29 is 9.90 Å². The van der Waals surface area contributed by atoms with Crippen molar-refractivity contribution in [2.45, 2.75) is 31.8 Å². The van der Waals surface area contributed by atoms with Gasteiger partial charge in [0.25, 0.3) is 0 Å². The first-order valence-corrected chi connectivity index (χ1v) is 7.77. The van der Waals surface area contributed by atoms with Crippen LogP contribution < -0.4 is 5.73 Å². The Balaban J connectivity index is 1.86. The summed E-state index contributed by atoms with van der Waals surface area (Å²) in [5.74, 6) is 0.240. The van der Waals surface area contributed by atoms with Crippen molar-refractivity contribution in [2.24, 2.45) is 11.7 Å². The first-order chi connectivity index (χ1) is 10.6. The number of carbonyl (C=O) groups is 1. The molecule has 1 fully saturated rings. The maximum Gasteiger partial charge on any atom is 0.217 e. The molecule has 1 aromatic carbocycles. The van der Waals surface area contributed by atoms with Crippen molar-refractivity contribution in [3.63, 3.8) is 0 Å². The molecule has 0 aromatic heterocycles. The lowest BCUT2D eigenvalue weighted by atomic mass is 9.93. The van der Waals surface area contributed by atoms with Gasteiger partial charge < -0.3 is 15.7 Å². The Labute approximate surface area is 131 Å². The van der Waals surface area contributed by atoms with Gasteiger partial charge in [0.15, 0.2) is 0 Å². The molecule has 2 rings (SSSR count). The highest BCUT2D eigenvalue weighted by Gasteiger charge is 2.22. The maximum absolute atomic E-state index is 10.9. The summed E-state index contributed by atoms with van der Waals surface area (Å²) in [5.41, 5.74) is 6.64. The summed E-state index contributed by atoms with van der Waals surface area (Å²) in [5, 5.41) is 19.1. The number of hydrogen-bond acceptors (Lipinski definition) is 4. The Morgan fingerprint density at radius 1 is 1.45 bits per heavy atom. The largest absolute Gasteiger partial charge is 0.387 e. The summed E-state index contributed by atoms with van der Waals surface area (Å²) < 4.78 is 0. The molecular formula is C17H23N3O2. The topological polar surface area (TPSA) is 90.3 Å². The summed E-state index contributed by atoms with van der Waals surface area (Å²) in [7, 11) is 0. The number of primary amides is 1. The molecule has 1 heterocycles. The molecular weight excluding hydrogens is 278 g/mol. The van der Waals surface area contributed by atoms with Crippen molar-refractivity contribution >= 4 is 5.91 Å². The minimum absolute atomic E-state index is 0.241. The molecule has 5 heteroatoms. The number of aliphatic hydroxyl groups excluding tert-OH is 1. The molecule has 118 valence electrons. The van der Waals surface area contributed by atoms with Crippen LogP contribution in [-0.2, 0) is 4.79 Å². The molecule has 1 aliphatic heterocycles. The van der Waals surface area contributed by atoms with Gasteiger partial charge in [0, 0.05) is 19.5 Å². The van der Waals surface area contributed by atoms with E-state index < -0.39 is 6.10 Å². The minimum atomic E-state index is -0.553. The van der Waals surface area contributed by atoms with Crippen LogP contribution in [0.5, 0.6) is 0 Å². The van der Waals surface area contributed by atoms with Crippen molar-refractivity contribution in [1.82, 2.24) is 4.90 Å². The molecule has 0 spiro atoms. The number of benzene rings is 1. The third-order valence-electron chi connectivity index (χ3n) is 4.26. The fourth-order valence-electron chi connectivity index (χ4n) is 3.03. The van der Waals surface area contributed by atoms with Crippen LogP contribution in [0.3, 0.4) is 0 Å². The fourth-order valence-corrected chi connectivity index (χ4v) is 3.03. The summed E-state index contributed by atoms with van der Waals surface area (Å²) in [6, 6.07) is 9.13. The van der Waals surface area contributed by atoms with Crippen LogP contribution in [0.2, 0.25) is 0 Å². The van der Waals surface area contributed by atoms with E-state index in [9.17, 15) is 9.90 Å². The number of nitriles is 1. The lowest BCUT2D eigenvalue weighted by molar-refractivity contribution is -0.118. The Morgan fingerprint density at radius 3 is 2.82 bits per heavy atom. The van der Waals surface area contributed by atoms with E-state index in [0.29, 0.717) is 24.4 Å². The van der Waals surface area contributed by atoms with Crippen LogP contribution in [0.15, 0.2) is 24.3 Å². The van der Waals surface area contributed by atoms with Gasteiger partial charge >= 0.3 is 0 Å². The zero-order chi connectivity index (χ0) is 15.9. The smallest absolute Gasteiger partial charge is 0.217 e. The van der Waals surface area contributed by atoms with Crippen LogP contribution in [0.25, 0.3) is 0 Å². The molecule has 0 radical (unpaired) electrons. The fraction of sp³-hybridized carbons (Fsp3) is 0.529. The maximum atomic E-state index is 10.9. The van der Waals surface area contributed by atoms with E-state index in [-0.39, 0.29) is 5.91 Å². The number of amides is 1. The van der Waals surface area contributed by atoms with Crippen LogP contribution in [0.1, 0.15) is 42.9 Å². The van der Waals surface area contributed by atoms with Gasteiger partial charge in [0.1, 0.15) is 0 Å². The molecule has 1 aliphatic rings. The molecule has 1 saturated heterocycles. The van der Waals surface area contributed by atoms with E-state index in [1.165, 1.54) is 0 Å². The van der Waals surface area contributed by atoms with E-state index >= 15 is 0 Å². The SMILES string of the molecule is N#Cc1ccc(C(O)CN2CCCC(CCC(N)=O)C2)cc1. The van der Waals surface area contributed by atoms with Crippen molar-refractivity contribution in [3.8, 4) is 6.07 Å². The molecule has 0 saturated carbocycles. The summed E-state index contributed by atoms with van der Waals surface area (Å²) in [6.07, 6.45) is 2.93. The third-order valence-corrected chi connectivity index (χ3v) is 4.26. The van der Waals surface area contributed by atoms with E-state index in [2.05, 4.69) is 11.0 Å². The van der Waals surface area contributed by atoms with Crippen LogP contribution in [0, 0.1) is 17.2 Å². The number of β-amino-alcohol motifs (C(OH)–C–C–N with tert-alkyl or cyclic N) is 1. The summed E-state index contributed by atoms with van der Waals surface area (Å²) >= 11 is 0. The normalized spacial score (nSPS) is 20.3. The third kappa shape index (κ3) is 4.83. The number of nitrogens with zero attached hydrogens (tertiary/aromatic N) is 2. The monoisotopic (exact) mass is 301 g/mol. The van der Waals surface area contributed by atoms with Gasteiger partial charge in [-0.05, 0) is 49.4 Å². The van der Waals surface area contributed by atoms with Gasteiger partial charge in [-0.1, -0.05) is 12.1 Å². The van der Waals surface area contributed by atoms with Gasteiger partial charge in [-0.15, -0.1) is 0 Å². The van der Waals surface area contributed by atoms with Gasteiger partial charge in [-0.2, -0.15) is 5.26 Å². The predicted molar refractivity (Wildman–Crippen MR) is 83.7 cm³/mol. The number of rotatable bonds is 6. The van der Waals surface area contributed by atoms with Gasteiger partial charge in [-0.3, -0.25) is 4.79 Å². The van der Waals surface area contributed by atoms with E-state index in [4.69, 9.17) is 11.0 Å². The number of hydrogen-bond donors (Lipinski definition) is 2. The van der Waals surface area contributed by atoms with Crippen molar-refractivity contribution in [2.75, 3.05) is 19.6 Å². The summed E-state index contributed by atoms with van der Waals surface area (Å²) in [4.78, 5) is 13.1. The van der Waals surface area contributed by atoms with Crippen molar-refractivity contribution in [3.05, 3.63) is 35.4 Å². The Kier molecular flexibility index (Phi) is 5.93. The van der Waals surface area contributed by atoms with Gasteiger partial charge in [0.2, 0.25) is 5.91 Å². The van der Waals surface area contributed by atoms with Crippen LogP contribution in [0.4, 0.5) is 0 Å². The second-order valence-corrected chi connectivity index (χ2v) is 6.02. The zero-order valence-corrected chi connectivity index (χ0v) is 12.7. The number of piperidine rings is 1. The number of nitrogens with two attached hydrogens (primary N) is 1. The second kappa shape index (κ2) is 7.92. The molecule has 2 unspecified atom stereocenters. The average molecular weight is 301 g/mol. The number of aliphatic hydroxyl groups is 1. The van der Waals surface area contributed by atoms with Gasteiger partial charge in [0.05, 0.1) is 17.7 Å². The minimum Gasteiger partial charge on any atom is -0.387 e. The van der Waals surface area contributed by atoms with Crippen LogP contribution >= 0.6 is 0 Å². The molecule has 5 nitrogen and oxygen atoms in total. The highest BCUT2D eigenvalue weighted by Crippen LogP contribution is 2.23. The molecule has 0 aliphatic carbocycles. The Morgan fingerprint density at radius 2 is 2.18 bits per heavy atom. The molecule has 2 atom stereocenters. The highest BCUT2D eigenvalue weighted by atomic mass is 16.3. The predicted octanol–water partition coefficient (Wildman–Crippen LogP) is 1.57. The molecule has 22 heavy (non-hydrogen) atoms. The van der Waals surface area contributed by atoms with Crippen LogP contribution in [-0.4, -0.2) is 35.5 Å². The quantitative estimate of drug-likeness (QED) is 0.834. The average Bonchev–Trinajstić information content (AvgIpc) is 2.53. The molecule has 3 N–H and O–H groups in total. The lowest BCUT2D eigenvalue weighted by Gasteiger charge is -2.34. The first kappa shape index (κ1) is 16.5. The zero-order valence-electron chi connectivity index (χ0n) is 12.7. The molecule has 1 aromatic rings. The Bertz CT molecular complexity index is 536. The first-order valence-electron chi connectivity index (χ1n) is 7.77. The summed E-state index contributed by atoms with van der Waals surface area (Å²) in [6.45, 7) is 2.46. The van der Waals surface area contributed by atoms with E-state index in [0.717, 1.165) is 37.9 Å². The molecule has 0 bridgehead atoms. The van der Waals surface area contributed by atoms with E-state index in [1.54, 1.807) is 24.3 Å². The second-order valence-electron chi connectivity index (χ2n) is 6.02. The number of likely N-dealkylation sites (tertiary alicyclic amines) is 1. The Hall–Kier alpha value is -1.90. The standard InChI is InChI=1S/C17H23N3O2/c18-10-13-3-6-15(7-4-13)16(21)12-20-9-1-2-14(11-20)5-8-17(19)22/h3-4,6-7,14,16,21H,1-2,5,8-9,11-12H2,(H2,19,22). The highest BCUT2D eigenvalue weighted by molar-refractivity contribution is 5.73. The van der Waals surface area contributed by atoms with Gasteiger partial charge in [-0.25, -0.2) is 0 Å². The molecule has 1 amide bonds. The van der Waals surface area contributed by atoms with Crippen molar-refractivity contribution in [1.29, 1.82) is 5.26 Å². The lowest BCUT2D eigenvalue weighted by Crippen LogP contribution is -2.38.